The molecule has 10 aromatic carbocycles. The van der Waals surface area contributed by atoms with Crippen LogP contribution in [0.25, 0.3) is 128 Å². The maximum absolute atomic E-state index is 5.39. The third kappa shape index (κ3) is 6.32. The van der Waals surface area contributed by atoms with Crippen molar-refractivity contribution >= 4 is 65.4 Å². The fourth-order valence-electron chi connectivity index (χ4n) is 10.7. The lowest BCUT2D eigenvalue weighted by molar-refractivity contribution is 1.13. The Morgan fingerprint density at radius 3 is 0.942 bits per heavy atom. The largest absolute Gasteiger partial charge is 0.309 e. The number of para-hydroxylation sites is 6. The topological polar surface area (TPSA) is 40.6 Å². The van der Waals surface area contributed by atoms with E-state index in [-0.39, 0.29) is 0 Å². The smallest absolute Gasteiger partial charge is 0.160 e. The van der Waals surface area contributed by atoms with Crippen molar-refractivity contribution in [2.45, 2.75) is 0 Å². The number of rotatable bonds is 7. The van der Waals surface area contributed by atoms with Gasteiger partial charge in [-0.1, -0.05) is 176 Å². The van der Waals surface area contributed by atoms with Crippen LogP contribution in [0.2, 0.25) is 0 Å². The van der Waals surface area contributed by atoms with Gasteiger partial charge in [-0.05, 0) is 83.9 Å². The van der Waals surface area contributed by atoms with Crippen LogP contribution in [-0.4, -0.2) is 23.7 Å². The first kappa shape index (κ1) is 38.9. The van der Waals surface area contributed by atoms with E-state index in [0.717, 1.165) is 78.3 Å². The third-order valence-corrected chi connectivity index (χ3v) is 13.9. The molecule has 4 heterocycles. The lowest BCUT2D eigenvalue weighted by atomic mass is 10.0. The molecule has 0 aliphatic carbocycles. The molecule has 0 N–H and O–H groups in total. The minimum atomic E-state index is 0.675. The quantitative estimate of drug-likeness (QED) is 0.160. The van der Waals surface area contributed by atoms with Crippen molar-refractivity contribution < 1.29 is 0 Å². The maximum Gasteiger partial charge on any atom is 0.160 e. The van der Waals surface area contributed by atoms with Gasteiger partial charge in [0.15, 0.2) is 5.82 Å². The van der Waals surface area contributed by atoms with Gasteiger partial charge in [-0.2, -0.15) is 0 Å². The monoisotopic (exact) mass is 879 g/mol. The van der Waals surface area contributed by atoms with E-state index >= 15 is 0 Å². The van der Waals surface area contributed by atoms with Crippen LogP contribution in [0.1, 0.15) is 0 Å². The molecule has 0 radical (unpaired) electrons. The van der Waals surface area contributed by atoms with Crippen molar-refractivity contribution in [2.75, 3.05) is 0 Å². The van der Waals surface area contributed by atoms with Crippen LogP contribution in [0.15, 0.2) is 249 Å². The SMILES string of the molecule is c1ccc(-c2nc(-c3ccc(-c4ccc(-n5c6ccccc6c6ccccc65)cc4)cc3)cc(-c3cc(-n4c5ccccc5c5ccccc54)cc(-n4c5ccccc5c5ccccc54)c3)n2)cc1. The molecule has 0 spiro atoms. The molecule has 5 heteroatoms. The van der Waals surface area contributed by atoms with Crippen LogP contribution >= 0.6 is 0 Å². The molecule has 0 fully saturated rings. The van der Waals surface area contributed by atoms with E-state index in [2.05, 4.69) is 256 Å². The van der Waals surface area contributed by atoms with Gasteiger partial charge in [-0.3, -0.25) is 0 Å². The van der Waals surface area contributed by atoms with E-state index in [1.165, 1.54) is 43.4 Å². The van der Waals surface area contributed by atoms with Gasteiger partial charge in [0.1, 0.15) is 0 Å². The molecule has 69 heavy (non-hydrogen) atoms. The fraction of sp³-hybridized carbons (Fsp3) is 0. The van der Waals surface area contributed by atoms with Crippen molar-refractivity contribution in [3.8, 4) is 62.1 Å². The normalized spacial score (nSPS) is 11.8. The standard InChI is InChI=1S/C64H41N5/c1-2-16-45(17-3-1)64-65-56(44-32-30-42(31-33-44)43-34-36-47(37-35-43)67-58-24-10-4-18-50(58)51-19-5-11-25-59(51)67)41-57(66-64)46-38-48(68-60-26-12-6-20-52(60)53-21-7-13-27-61(53)68)40-49(39-46)69-62-28-14-8-22-54(62)55-23-9-15-29-63(55)69/h1-41H. The summed E-state index contributed by atoms with van der Waals surface area (Å²) in [5.41, 5.74) is 17.2. The highest BCUT2D eigenvalue weighted by molar-refractivity contribution is 6.11. The zero-order chi connectivity index (χ0) is 45.4. The molecular formula is C64H41N5. The molecule has 0 atom stereocenters. The van der Waals surface area contributed by atoms with Gasteiger partial charge < -0.3 is 13.7 Å². The minimum Gasteiger partial charge on any atom is -0.309 e. The molecule has 0 aliphatic heterocycles. The summed E-state index contributed by atoms with van der Waals surface area (Å²) in [7, 11) is 0. The molecule has 0 amide bonds. The van der Waals surface area contributed by atoms with Crippen LogP contribution in [-0.2, 0) is 0 Å². The summed E-state index contributed by atoms with van der Waals surface area (Å²) in [5, 5.41) is 7.39. The Hall–Kier alpha value is -9.32. The molecule has 14 aromatic rings. The zero-order valence-electron chi connectivity index (χ0n) is 37.4. The average molecular weight is 880 g/mol. The van der Waals surface area contributed by atoms with E-state index in [1.54, 1.807) is 0 Å². The second-order valence-electron chi connectivity index (χ2n) is 17.8. The molecule has 0 aliphatic rings. The van der Waals surface area contributed by atoms with Gasteiger partial charge in [0.25, 0.3) is 0 Å². The average Bonchev–Trinajstić information content (AvgIpc) is 4.07. The van der Waals surface area contributed by atoms with Gasteiger partial charge in [0, 0.05) is 66.1 Å². The highest BCUT2D eigenvalue weighted by atomic mass is 15.0. The molecule has 0 unspecified atom stereocenters. The molecular weight excluding hydrogens is 839 g/mol. The Bertz CT molecular complexity index is 4000. The Morgan fingerprint density at radius 1 is 0.217 bits per heavy atom. The molecule has 4 aromatic heterocycles. The Morgan fingerprint density at radius 2 is 0.536 bits per heavy atom. The predicted octanol–water partition coefficient (Wildman–Crippen LogP) is 16.4. The highest BCUT2D eigenvalue weighted by Gasteiger charge is 2.19. The third-order valence-electron chi connectivity index (χ3n) is 13.9. The summed E-state index contributed by atoms with van der Waals surface area (Å²) >= 11 is 0. The summed E-state index contributed by atoms with van der Waals surface area (Å²) in [6.45, 7) is 0. The predicted molar refractivity (Wildman–Crippen MR) is 287 cm³/mol. The summed E-state index contributed by atoms with van der Waals surface area (Å²) in [6.07, 6.45) is 0. The van der Waals surface area contributed by atoms with Gasteiger partial charge in [0.2, 0.25) is 0 Å². The van der Waals surface area contributed by atoms with Crippen molar-refractivity contribution in [3.05, 3.63) is 249 Å². The summed E-state index contributed by atoms with van der Waals surface area (Å²) in [4.78, 5) is 10.7. The highest BCUT2D eigenvalue weighted by Crippen LogP contribution is 2.39. The summed E-state index contributed by atoms with van der Waals surface area (Å²) in [5.74, 6) is 0.675. The molecule has 5 nitrogen and oxygen atoms in total. The number of hydrogen-bond donors (Lipinski definition) is 0. The van der Waals surface area contributed by atoms with Gasteiger partial charge in [-0.15, -0.1) is 0 Å². The van der Waals surface area contributed by atoms with Crippen LogP contribution in [0.5, 0.6) is 0 Å². The molecule has 0 bridgehead atoms. The Kier molecular flexibility index (Phi) is 8.83. The minimum absolute atomic E-state index is 0.675. The lowest BCUT2D eigenvalue weighted by Crippen LogP contribution is -2.01. The molecule has 0 saturated carbocycles. The first-order valence-corrected chi connectivity index (χ1v) is 23.5. The number of fused-ring (bicyclic) bond motifs is 9. The van der Waals surface area contributed by atoms with Gasteiger partial charge >= 0.3 is 0 Å². The van der Waals surface area contributed by atoms with Crippen LogP contribution < -0.4 is 0 Å². The van der Waals surface area contributed by atoms with E-state index in [1.807, 2.05) is 6.07 Å². The maximum atomic E-state index is 5.39. The summed E-state index contributed by atoms with van der Waals surface area (Å²) in [6, 6.07) is 89.2. The number of benzene rings is 10. The van der Waals surface area contributed by atoms with Crippen molar-refractivity contribution in [3.63, 3.8) is 0 Å². The van der Waals surface area contributed by atoms with Crippen molar-refractivity contribution in [1.29, 1.82) is 0 Å². The van der Waals surface area contributed by atoms with Crippen molar-refractivity contribution in [1.82, 2.24) is 23.7 Å². The van der Waals surface area contributed by atoms with Crippen LogP contribution in [0.3, 0.4) is 0 Å². The Balaban J connectivity index is 0.924. The molecule has 322 valence electrons. The molecule has 14 rings (SSSR count). The van der Waals surface area contributed by atoms with Crippen molar-refractivity contribution in [2.24, 2.45) is 0 Å². The first-order chi connectivity index (χ1) is 34.2. The number of aromatic nitrogens is 5. The number of hydrogen-bond acceptors (Lipinski definition) is 2. The zero-order valence-corrected chi connectivity index (χ0v) is 37.4. The number of nitrogens with zero attached hydrogens (tertiary/aromatic N) is 5. The molecule has 0 saturated heterocycles. The first-order valence-electron chi connectivity index (χ1n) is 23.5. The summed E-state index contributed by atoms with van der Waals surface area (Å²) < 4.78 is 7.17. The second kappa shape index (κ2) is 15.7. The second-order valence-corrected chi connectivity index (χ2v) is 17.8. The van der Waals surface area contributed by atoms with Crippen LogP contribution in [0.4, 0.5) is 0 Å². The van der Waals surface area contributed by atoms with Gasteiger partial charge in [0.05, 0.1) is 44.5 Å². The lowest BCUT2D eigenvalue weighted by Gasteiger charge is -2.16. The fourth-order valence-corrected chi connectivity index (χ4v) is 10.7. The van der Waals surface area contributed by atoms with E-state index < -0.39 is 0 Å². The van der Waals surface area contributed by atoms with E-state index in [9.17, 15) is 0 Å². The van der Waals surface area contributed by atoms with E-state index in [4.69, 9.17) is 9.97 Å². The van der Waals surface area contributed by atoms with Crippen LogP contribution in [0, 0.1) is 0 Å². The Labute approximate surface area is 398 Å². The van der Waals surface area contributed by atoms with Gasteiger partial charge in [-0.25, -0.2) is 9.97 Å². The van der Waals surface area contributed by atoms with E-state index in [0.29, 0.717) is 5.82 Å².